The molecule has 2 aromatic rings. The Morgan fingerprint density at radius 1 is 1.14 bits per heavy atom. The van der Waals surface area contributed by atoms with Gasteiger partial charge in [0.15, 0.2) is 5.82 Å². The first-order chi connectivity index (χ1) is 13.7. The van der Waals surface area contributed by atoms with Gasteiger partial charge in [-0.25, -0.2) is 4.98 Å². The first kappa shape index (κ1) is 18.2. The zero-order valence-electron chi connectivity index (χ0n) is 15.5. The zero-order chi connectivity index (χ0) is 19.5. The predicted molar refractivity (Wildman–Crippen MR) is 101 cm³/mol. The molecular formula is C20H21N5O3. The minimum atomic E-state index is -0.410. The van der Waals surface area contributed by atoms with E-state index in [1.165, 1.54) is 0 Å². The van der Waals surface area contributed by atoms with Gasteiger partial charge in [0, 0.05) is 19.6 Å². The fraction of sp³-hybridized carbons (Fsp3) is 0.400. The average Bonchev–Trinajstić information content (AvgIpc) is 3.14. The van der Waals surface area contributed by atoms with E-state index in [0.717, 1.165) is 25.0 Å². The Labute approximate surface area is 162 Å². The Kier molecular flexibility index (Phi) is 5.08. The summed E-state index contributed by atoms with van der Waals surface area (Å²) in [5, 5.41) is 12.0. The molecule has 4 rings (SSSR count). The van der Waals surface area contributed by atoms with Gasteiger partial charge in [0.1, 0.15) is 11.8 Å². The Morgan fingerprint density at radius 2 is 1.93 bits per heavy atom. The van der Waals surface area contributed by atoms with E-state index >= 15 is 0 Å². The lowest BCUT2D eigenvalue weighted by Gasteiger charge is -2.26. The van der Waals surface area contributed by atoms with Crippen molar-refractivity contribution in [2.45, 2.75) is 25.8 Å². The Bertz CT molecular complexity index is 953. The lowest BCUT2D eigenvalue weighted by Crippen LogP contribution is -2.41. The molecule has 144 valence electrons. The SMILES string of the molecule is N#Cc1ccccc1NC(=O)c1nc(C(=O)N2CCOCC2)c2n1CCCC2. The van der Waals surface area contributed by atoms with Crippen LogP contribution in [-0.2, 0) is 17.7 Å². The van der Waals surface area contributed by atoms with Crippen molar-refractivity contribution in [2.24, 2.45) is 0 Å². The van der Waals surface area contributed by atoms with Crippen LogP contribution in [0.2, 0.25) is 0 Å². The summed E-state index contributed by atoms with van der Waals surface area (Å²) in [4.78, 5) is 32.1. The van der Waals surface area contributed by atoms with E-state index in [-0.39, 0.29) is 11.7 Å². The van der Waals surface area contributed by atoms with E-state index in [1.54, 1.807) is 29.2 Å². The molecule has 1 N–H and O–H groups in total. The number of para-hydroxylation sites is 1. The van der Waals surface area contributed by atoms with Crippen LogP contribution in [0.4, 0.5) is 5.69 Å². The summed E-state index contributed by atoms with van der Waals surface area (Å²) < 4.78 is 7.17. The van der Waals surface area contributed by atoms with Gasteiger partial charge in [-0.2, -0.15) is 5.26 Å². The van der Waals surface area contributed by atoms with Gasteiger partial charge < -0.3 is 19.5 Å². The van der Waals surface area contributed by atoms with Crippen molar-refractivity contribution in [2.75, 3.05) is 31.6 Å². The molecule has 1 saturated heterocycles. The van der Waals surface area contributed by atoms with E-state index in [1.807, 2.05) is 4.57 Å². The highest BCUT2D eigenvalue weighted by Crippen LogP contribution is 2.24. The number of amides is 2. The maximum atomic E-state index is 13.0. The van der Waals surface area contributed by atoms with Crippen molar-refractivity contribution in [3.8, 4) is 6.07 Å². The summed E-state index contributed by atoms with van der Waals surface area (Å²) in [6, 6.07) is 8.88. The fourth-order valence-electron chi connectivity index (χ4n) is 3.67. The number of anilines is 1. The zero-order valence-corrected chi connectivity index (χ0v) is 15.5. The number of hydrogen-bond donors (Lipinski definition) is 1. The molecular weight excluding hydrogens is 358 g/mol. The third-order valence-electron chi connectivity index (χ3n) is 5.12. The van der Waals surface area contributed by atoms with Crippen LogP contribution in [0.25, 0.3) is 0 Å². The minimum Gasteiger partial charge on any atom is -0.378 e. The first-order valence-corrected chi connectivity index (χ1v) is 9.46. The summed E-state index contributed by atoms with van der Waals surface area (Å²) in [5.74, 6) is -0.337. The van der Waals surface area contributed by atoms with Gasteiger partial charge in [0.25, 0.3) is 11.8 Å². The third-order valence-corrected chi connectivity index (χ3v) is 5.12. The van der Waals surface area contributed by atoms with Gasteiger partial charge in [-0.05, 0) is 31.4 Å². The van der Waals surface area contributed by atoms with Crippen molar-refractivity contribution < 1.29 is 14.3 Å². The van der Waals surface area contributed by atoms with E-state index < -0.39 is 5.91 Å². The highest BCUT2D eigenvalue weighted by atomic mass is 16.5. The highest BCUT2D eigenvalue weighted by molar-refractivity contribution is 6.04. The molecule has 1 aromatic carbocycles. The second-order valence-electron chi connectivity index (χ2n) is 6.86. The molecule has 0 bridgehead atoms. The molecule has 0 aliphatic carbocycles. The first-order valence-electron chi connectivity index (χ1n) is 9.46. The number of rotatable bonds is 3. The molecule has 0 saturated carbocycles. The quantitative estimate of drug-likeness (QED) is 0.877. The molecule has 1 fully saturated rings. The number of morpholine rings is 1. The number of ether oxygens (including phenoxy) is 1. The van der Waals surface area contributed by atoms with Crippen LogP contribution < -0.4 is 5.32 Å². The number of nitrogens with one attached hydrogen (secondary N) is 1. The summed E-state index contributed by atoms with van der Waals surface area (Å²) in [6.07, 6.45) is 2.62. The van der Waals surface area contributed by atoms with Crippen LogP contribution in [0.1, 0.15) is 45.2 Å². The van der Waals surface area contributed by atoms with Crippen LogP contribution in [-0.4, -0.2) is 52.6 Å². The molecule has 2 aliphatic rings. The van der Waals surface area contributed by atoms with Crippen molar-refractivity contribution in [1.29, 1.82) is 5.26 Å². The van der Waals surface area contributed by atoms with Crippen LogP contribution >= 0.6 is 0 Å². The molecule has 0 atom stereocenters. The number of carbonyl (C=O) groups is 2. The normalized spacial score (nSPS) is 16.2. The maximum Gasteiger partial charge on any atom is 0.291 e. The Morgan fingerprint density at radius 3 is 2.71 bits per heavy atom. The monoisotopic (exact) mass is 379 g/mol. The molecule has 3 heterocycles. The van der Waals surface area contributed by atoms with Crippen molar-refractivity contribution in [1.82, 2.24) is 14.5 Å². The van der Waals surface area contributed by atoms with Gasteiger partial charge in [-0.1, -0.05) is 12.1 Å². The number of nitrogens with zero attached hydrogens (tertiary/aromatic N) is 4. The molecule has 0 radical (unpaired) electrons. The molecule has 8 nitrogen and oxygen atoms in total. The summed E-state index contributed by atoms with van der Waals surface area (Å²) >= 11 is 0. The highest BCUT2D eigenvalue weighted by Gasteiger charge is 2.30. The van der Waals surface area contributed by atoms with E-state index in [0.29, 0.717) is 49.8 Å². The Hall–Kier alpha value is -3.18. The predicted octanol–water partition coefficient (Wildman–Crippen LogP) is 1.82. The number of carbonyl (C=O) groups excluding carboxylic acids is 2. The summed E-state index contributed by atoms with van der Waals surface area (Å²) in [7, 11) is 0. The molecule has 8 heteroatoms. The van der Waals surface area contributed by atoms with E-state index in [2.05, 4.69) is 16.4 Å². The number of aromatic nitrogens is 2. The average molecular weight is 379 g/mol. The third kappa shape index (κ3) is 3.37. The van der Waals surface area contributed by atoms with Crippen molar-refractivity contribution in [3.05, 3.63) is 47.0 Å². The lowest BCUT2D eigenvalue weighted by molar-refractivity contribution is 0.0298. The van der Waals surface area contributed by atoms with E-state index in [9.17, 15) is 14.9 Å². The number of benzene rings is 1. The summed E-state index contributed by atoms with van der Waals surface area (Å²) in [5.41, 5.74) is 2.00. The molecule has 28 heavy (non-hydrogen) atoms. The largest absolute Gasteiger partial charge is 0.378 e. The van der Waals surface area contributed by atoms with Gasteiger partial charge >= 0.3 is 0 Å². The summed E-state index contributed by atoms with van der Waals surface area (Å²) in [6.45, 7) is 2.74. The molecule has 0 spiro atoms. The van der Waals surface area contributed by atoms with Crippen molar-refractivity contribution >= 4 is 17.5 Å². The minimum absolute atomic E-state index is 0.148. The smallest absolute Gasteiger partial charge is 0.291 e. The topological polar surface area (TPSA) is 100 Å². The fourth-order valence-corrected chi connectivity index (χ4v) is 3.67. The van der Waals surface area contributed by atoms with Crippen LogP contribution in [0, 0.1) is 11.3 Å². The Balaban J connectivity index is 1.65. The van der Waals surface area contributed by atoms with E-state index in [4.69, 9.17) is 4.74 Å². The standard InChI is InChI=1S/C20H21N5O3/c21-13-14-5-1-2-6-15(14)22-19(26)18-23-17(16-7-3-4-8-25(16)18)20(27)24-9-11-28-12-10-24/h1-2,5-6H,3-4,7-12H2,(H,22,26). The van der Waals surface area contributed by atoms with Crippen molar-refractivity contribution in [3.63, 3.8) is 0 Å². The second kappa shape index (κ2) is 7.82. The number of imidazole rings is 1. The number of fused-ring (bicyclic) bond motifs is 1. The molecule has 2 amide bonds. The molecule has 2 aliphatic heterocycles. The van der Waals surface area contributed by atoms with Gasteiger partial charge in [-0.15, -0.1) is 0 Å². The lowest BCUT2D eigenvalue weighted by atomic mass is 10.1. The van der Waals surface area contributed by atoms with Crippen LogP contribution in [0.5, 0.6) is 0 Å². The molecule has 0 unspecified atom stereocenters. The number of hydrogen-bond acceptors (Lipinski definition) is 5. The number of nitriles is 1. The van der Waals surface area contributed by atoms with Gasteiger partial charge in [-0.3, -0.25) is 9.59 Å². The van der Waals surface area contributed by atoms with Crippen LogP contribution in [0.15, 0.2) is 24.3 Å². The van der Waals surface area contributed by atoms with Gasteiger partial charge in [0.2, 0.25) is 0 Å². The van der Waals surface area contributed by atoms with Crippen LogP contribution in [0.3, 0.4) is 0 Å². The second-order valence-corrected chi connectivity index (χ2v) is 6.86. The van der Waals surface area contributed by atoms with Gasteiger partial charge in [0.05, 0.1) is 30.2 Å². The maximum absolute atomic E-state index is 13.0. The molecule has 1 aromatic heterocycles.